The second kappa shape index (κ2) is 5.29. The summed E-state index contributed by atoms with van der Waals surface area (Å²) in [5.74, 6) is 1.91. The Labute approximate surface area is 99.7 Å². The van der Waals surface area contributed by atoms with Gasteiger partial charge < -0.3 is 10.1 Å². The zero-order valence-corrected chi connectivity index (χ0v) is 9.92. The first-order valence-electron chi connectivity index (χ1n) is 5.49. The Kier molecular flexibility index (Phi) is 3.54. The van der Waals surface area contributed by atoms with Gasteiger partial charge in [-0.25, -0.2) is 9.67 Å². The van der Waals surface area contributed by atoms with E-state index in [0.717, 1.165) is 18.8 Å². The molecule has 0 atom stereocenters. The fourth-order valence-corrected chi connectivity index (χ4v) is 1.46. The van der Waals surface area contributed by atoms with Crippen LogP contribution >= 0.6 is 0 Å². The molecule has 0 aromatic carbocycles. The number of rotatable bonds is 5. The highest BCUT2D eigenvalue weighted by atomic mass is 16.5. The molecular formula is C11H15N5O. The largest absolute Gasteiger partial charge is 0.481 e. The SMILES string of the molecule is CCCn1nccc1Nc1nccc(OC)n1. The van der Waals surface area contributed by atoms with Crippen LogP contribution in [0.2, 0.25) is 0 Å². The van der Waals surface area contributed by atoms with Crippen molar-refractivity contribution >= 4 is 11.8 Å². The standard InChI is InChI=1S/C11H15N5O/c1-3-8-16-9(4-7-13-16)14-11-12-6-5-10(15-11)17-2/h4-7H,3,8H2,1-2H3,(H,12,14,15). The van der Waals surface area contributed by atoms with Crippen LogP contribution in [0.1, 0.15) is 13.3 Å². The third-order valence-electron chi connectivity index (χ3n) is 2.23. The van der Waals surface area contributed by atoms with Gasteiger partial charge >= 0.3 is 0 Å². The molecule has 17 heavy (non-hydrogen) atoms. The van der Waals surface area contributed by atoms with Crippen LogP contribution in [-0.2, 0) is 6.54 Å². The van der Waals surface area contributed by atoms with Crippen molar-refractivity contribution in [2.24, 2.45) is 0 Å². The van der Waals surface area contributed by atoms with Crippen molar-refractivity contribution in [3.8, 4) is 5.88 Å². The maximum Gasteiger partial charge on any atom is 0.231 e. The average molecular weight is 233 g/mol. The molecule has 0 spiro atoms. The van der Waals surface area contributed by atoms with Crippen molar-refractivity contribution in [3.05, 3.63) is 24.5 Å². The monoisotopic (exact) mass is 233 g/mol. The molecule has 0 unspecified atom stereocenters. The van der Waals surface area contributed by atoms with Gasteiger partial charge in [0, 0.05) is 24.9 Å². The number of methoxy groups -OCH3 is 1. The lowest BCUT2D eigenvalue weighted by Gasteiger charge is -2.08. The van der Waals surface area contributed by atoms with Crippen LogP contribution in [-0.4, -0.2) is 26.9 Å². The lowest BCUT2D eigenvalue weighted by molar-refractivity contribution is 0.397. The molecule has 2 rings (SSSR count). The van der Waals surface area contributed by atoms with Gasteiger partial charge in [0.15, 0.2) is 0 Å². The molecule has 0 amide bonds. The molecule has 90 valence electrons. The third kappa shape index (κ3) is 2.72. The zero-order chi connectivity index (χ0) is 12.1. The summed E-state index contributed by atoms with van der Waals surface area (Å²) in [6, 6.07) is 3.59. The van der Waals surface area contributed by atoms with Crippen molar-refractivity contribution in [1.82, 2.24) is 19.7 Å². The van der Waals surface area contributed by atoms with E-state index in [1.165, 1.54) is 0 Å². The molecule has 0 saturated carbocycles. The van der Waals surface area contributed by atoms with Gasteiger partial charge in [-0.2, -0.15) is 10.1 Å². The third-order valence-corrected chi connectivity index (χ3v) is 2.23. The zero-order valence-electron chi connectivity index (χ0n) is 9.92. The Bertz CT molecular complexity index is 482. The van der Waals surface area contributed by atoms with E-state index in [9.17, 15) is 0 Å². The summed E-state index contributed by atoms with van der Waals surface area (Å²) in [5, 5.41) is 7.32. The van der Waals surface area contributed by atoms with Gasteiger partial charge in [-0.3, -0.25) is 0 Å². The number of nitrogens with zero attached hydrogens (tertiary/aromatic N) is 4. The summed E-state index contributed by atoms with van der Waals surface area (Å²) in [7, 11) is 1.58. The lowest BCUT2D eigenvalue weighted by atomic mass is 10.5. The maximum atomic E-state index is 5.04. The number of aryl methyl sites for hydroxylation is 1. The summed E-state index contributed by atoms with van der Waals surface area (Å²) in [6.45, 7) is 2.97. The Balaban J connectivity index is 2.16. The molecule has 6 heteroatoms. The molecule has 0 aliphatic carbocycles. The predicted molar refractivity (Wildman–Crippen MR) is 64.4 cm³/mol. The van der Waals surface area contributed by atoms with E-state index in [0.29, 0.717) is 11.8 Å². The quantitative estimate of drug-likeness (QED) is 0.853. The van der Waals surface area contributed by atoms with Crippen LogP contribution in [0.25, 0.3) is 0 Å². The Morgan fingerprint density at radius 3 is 3.00 bits per heavy atom. The first-order valence-corrected chi connectivity index (χ1v) is 5.49. The van der Waals surface area contributed by atoms with Crippen LogP contribution in [0.3, 0.4) is 0 Å². The van der Waals surface area contributed by atoms with E-state index in [1.807, 2.05) is 10.7 Å². The van der Waals surface area contributed by atoms with E-state index in [-0.39, 0.29) is 0 Å². The fourth-order valence-electron chi connectivity index (χ4n) is 1.46. The summed E-state index contributed by atoms with van der Waals surface area (Å²) in [5.41, 5.74) is 0. The molecular weight excluding hydrogens is 218 g/mol. The normalized spacial score (nSPS) is 10.2. The minimum absolute atomic E-state index is 0.502. The van der Waals surface area contributed by atoms with Crippen molar-refractivity contribution in [2.75, 3.05) is 12.4 Å². The topological polar surface area (TPSA) is 64.9 Å². The van der Waals surface area contributed by atoms with Gasteiger partial charge in [-0.1, -0.05) is 6.92 Å². The molecule has 6 nitrogen and oxygen atoms in total. The molecule has 0 saturated heterocycles. The highest BCUT2D eigenvalue weighted by Gasteiger charge is 2.04. The smallest absolute Gasteiger partial charge is 0.231 e. The van der Waals surface area contributed by atoms with E-state index in [2.05, 4.69) is 27.3 Å². The van der Waals surface area contributed by atoms with Crippen molar-refractivity contribution < 1.29 is 4.74 Å². The summed E-state index contributed by atoms with van der Waals surface area (Å²) in [6.07, 6.45) is 4.42. The molecule has 0 aliphatic rings. The van der Waals surface area contributed by atoms with Gasteiger partial charge in [0.2, 0.25) is 11.8 Å². The number of aromatic nitrogens is 4. The summed E-state index contributed by atoms with van der Waals surface area (Å²) < 4.78 is 6.92. The molecule has 2 heterocycles. The second-order valence-electron chi connectivity index (χ2n) is 3.49. The van der Waals surface area contributed by atoms with Crippen LogP contribution < -0.4 is 10.1 Å². The molecule has 0 fully saturated rings. The summed E-state index contributed by atoms with van der Waals surface area (Å²) in [4.78, 5) is 8.30. The highest BCUT2D eigenvalue weighted by Crippen LogP contribution is 2.14. The number of nitrogens with one attached hydrogen (secondary N) is 1. The van der Waals surface area contributed by atoms with Crippen molar-refractivity contribution in [1.29, 1.82) is 0 Å². The molecule has 2 aromatic rings. The average Bonchev–Trinajstić information content (AvgIpc) is 2.78. The van der Waals surface area contributed by atoms with Crippen molar-refractivity contribution in [3.63, 3.8) is 0 Å². The van der Waals surface area contributed by atoms with Gasteiger partial charge in [0.05, 0.1) is 13.3 Å². The number of hydrogen-bond acceptors (Lipinski definition) is 5. The van der Waals surface area contributed by atoms with E-state index in [4.69, 9.17) is 4.74 Å². The molecule has 1 N–H and O–H groups in total. The minimum atomic E-state index is 0.502. The second-order valence-corrected chi connectivity index (χ2v) is 3.49. The van der Waals surface area contributed by atoms with Gasteiger partial charge in [-0.15, -0.1) is 0 Å². The predicted octanol–water partition coefficient (Wildman–Crippen LogP) is 1.84. The van der Waals surface area contributed by atoms with Gasteiger partial charge in [0.1, 0.15) is 5.82 Å². The van der Waals surface area contributed by atoms with Crippen LogP contribution in [0.5, 0.6) is 5.88 Å². The van der Waals surface area contributed by atoms with Crippen LogP contribution in [0, 0.1) is 0 Å². The number of ether oxygens (including phenoxy) is 1. The Morgan fingerprint density at radius 2 is 2.24 bits per heavy atom. The van der Waals surface area contributed by atoms with Crippen molar-refractivity contribution in [2.45, 2.75) is 19.9 Å². The number of anilines is 2. The number of hydrogen-bond donors (Lipinski definition) is 1. The first-order chi connectivity index (χ1) is 8.33. The van der Waals surface area contributed by atoms with Gasteiger partial charge in [-0.05, 0) is 6.42 Å². The minimum Gasteiger partial charge on any atom is -0.481 e. The molecule has 0 aliphatic heterocycles. The Hall–Kier alpha value is -2.11. The fraction of sp³-hybridized carbons (Fsp3) is 0.364. The lowest BCUT2D eigenvalue weighted by Crippen LogP contribution is -2.06. The highest BCUT2D eigenvalue weighted by molar-refractivity contribution is 5.47. The molecule has 0 bridgehead atoms. The molecule has 2 aromatic heterocycles. The first kappa shape index (κ1) is 11.4. The van der Waals surface area contributed by atoms with Gasteiger partial charge in [0.25, 0.3) is 0 Å². The Morgan fingerprint density at radius 1 is 1.35 bits per heavy atom. The molecule has 0 radical (unpaired) electrons. The van der Waals surface area contributed by atoms with Crippen LogP contribution in [0.4, 0.5) is 11.8 Å². The van der Waals surface area contributed by atoms with E-state index >= 15 is 0 Å². The van der Waals surface area contributed by atoms with E-state index < -0.39 is 0 Å². The summed E-state index contributed by atoms with van der Waals surface area (Å²) >= 11 is 0. The maximum absolute atomic E-state index is 5.04. The van der Waals surface area contributed by atoms with Crippen LogP contribution in [0.15, 0.2) is 24.5 Å². The van der Waals surface area contributed by atoms with E-state index in [1.54, 1.807) is 25.6 Å².